The number of benzene rings is 2. The molecule has 0 aliphatic carbocycles. The third-order valence-corrected chi connectivity index (χ3v) is 9.42. The van der Waals surface area contributed by atoms with Gasteiger partial charge in [0.25, 0.3) is 11.6 Å². The number of hydrogen-bond acceptors (Lipinski definition) is 9. The number of ether oxygens (including phenoxy) is 2. The number of nitro groups is 1. The van der Waals surface area contributed by atoms with Crippen LogP contribution in [0.1, 0.15) is 24.3 Å². The van der Waals surface area contributed by atoms with Gasteiger partial charge in [0.2, 0.25) is 0 Å². The van der Waals surface area contributed by atoms with Crippen molar-refractivity contribution in [2.24, 2.45) is 0 Å². The van der Waals surface area contributed by atoms with Crippen molar-refractivity contribution < 1.29 is 28.8 Å². The number of thioether (sulfide) groups is 1. The summed E-state index contributed by atoms with van der Waals surface area (Å²) in [4.78, 5) is 54.9. The third kappa shape index (κ3) is 4.12. The zero-order valence-corrected chi connectivity index (χ0v) is 23.1. The SMILES string of the molecule is CC(=O)OC(c1cn2c(ccc3ccccc32)n1)C1(Br)C(=O)N2C(C(=O)OCc3ccc([N+](=O)[O-])cc3)=CSC21. The van der Waals surface area contributed by atoms with E-state index in [1.807, 2.05) is 40.8 Å². The van der Waals surface area contributed by atoms with Crippen LogP contribution >= 0.6 is 27.7 Å². The standard InChI is InChI=1S/C27H19BrN4O7S/c1-15(33)39-23(19-12-30-20-5-3-2-4-17(20)8-11-22(30)29-19)27(28)25(35)31-21(14-40-26(27)31)24(34)38-13-16-6-9-18(10-7-16)32(36)37/h2-12,14,23,26H,13H2,1H3. The monoisotopic (exact) mass is 622 g/mol. The highest BCUT2D eigenvalue weighted by atomic mass is 79.9. The van der Waals surface area contributed by atoms with Crippen molar-refractivity contribution >= 4 is 67.8 Å². The van der Waals surface area contributed by atoms with Crippen molar-refractivity contribution in [2.75, 3.05) is 0 Å². The van der Waals surface area contributed by atoms with Crippen LogP contribution in [-0.2, 0) is 30.5 Å². The Morgan fingerprint density at radius 1 is 1.18 bits per heavy atom. The van der Waals surface area contributed by atoms with Crippen LogP contribution < -0.4 is 0 Å². The lowest BCUT2D eigenvalue weighted by atomic mass is 9.89. The second-order valence-electron chi connectivity index (χ2n) is 9.21. The molecule has 0 bridgehead atoms. The largest absolute Gasteiger partial charge is 0.456 e. The van der Waals surface area contributed by atoms with Crippen molar-refractivity contribution in [1.29, 1.82) is 0 Å². The van der Waals surface area contributed by atoms with E-state index in [1.54, 1.807) is 6.20 Å². The summed E-state index contributed by atoms with van der Waals surface area (Å²) in [6.07, 6.45) is 0.671. The quantitative estimate of drug-likeness (QED) is 0.0950. The summed E-state index contributed by atoms with van der Waals surface area (Å²) < 4.78 is 11.5. The molecule has 2 aliphatic rings. The predicted octanol–water partition coefficient (Wildman–Crippen LogP) is 4.63. The number of nitrogens with zero attached hydrogens (tertiary/aromatic N) is 4. The number of non-ortho nitro benzene ring substituents is 1. The molecule has 0 radical (unpaired) electrons. The molecule has 4 heterocycles. The van der Waals surface area contributed by atoms with Crippen LogP contribution in [0.5, 0.6) is 0 Å². The van der Waals surface area contributed by atoms with Crippen molar-refractivity contribution in [3.63, 3.8) is 0 Å². The minimum absolute atomic E-state index is 0.0551. The van der Waals surface area contributed by atoms with Gasteiger partial charge >= 0.3 is 11.9 Å². The van der Waals surface area contributed by atoms with Gasteiger partial charge < -0.3 is 9.47 Å². The zero-order valence-electron chi connectivity index (χ0n) is 20.7. The van der Waals surface area contributed by atoms with Crippen LogP contribution in [0, 0.1) is 10.1 Å². The fourth-order valence-electron chi connectivity index (χ4n) is 4.81. The van der Waals surface area contributed by atoms with Crippen LogP contribution in [0.3, 0.4) is 0 Å². The number of amides is 1. The maximum atomic E-state index is 13.6. The molecule has 1 saturated heterocycles. The summed E-state index contributed by atoms with van der Waals surface area (Å²) in [5.74, 6) is -1.79. The Bertz CT molecular complexity index is 1750. The first-order valence-electron chi connectivity index (χ1n) is 12.0. The molecule has 3 unspecified atom stereocenters. The molecular weight excluding hydrogens is 604 g/mol. The number of esters is 2. The number of halogens is 1. The molecule has 0 saturated carbocycles. The summed E-state index contributed by atoms with van der Waals surface area (Å²) >= 11 is 4.79. The van der Waals surface area contributed by atoms with Crippen molar-refractivity contribution in [2.45, 2.75) is 29.3 Å². The van der Waals surface area contributed by atoms with Crippen LogP contribution in [0.15, 0.2) is 78.0 Å². The molecule has 11 nitrogen and oxygen atoms in total. The van der Waals surface area contributed by atoms with Gasteiger partial charge in [-0.1, -0.05) is 34.1 Å². The Morgan fingerprint density at radius 2 is 1.93 bits per heavy atom. The summed E-state index contributed by atoms with van der Waals surface area (Å²) in [6, 6.07) is 17.2. The lowest BCUT2D eigenvalue weighted by Crippen LogP contribution is -2.70. The molecule has 202 valence electrons. The van der Waals surface area contributed by atoms with E-state index in [2.05, 4.69) is 20.9 Å². The Morgan fingerprint density at radius 3 is 2.65 bits per heavy atom. The van der Waals surface area contributed by atoms with Gasteiger partial charge in [0.1, 0.15) is 29.0 Å². The molecule has 1 fully saturated rings. The summed E-state index contributed by atoms with van der Waals surface area (Å²) in [5, 5.41) is 12.8. The average Bonchev–Trinajstić information content (AvgIpc) is 3.58. The van der Waals surface area contributed by atoms with Crippen molar-refractivity contribution in [3.05, 3.63) is 99.3 Å². The number of alkyl halides is 1. The van der Waals surface area contributed by atoms with Gasteiger partial charge in [-0.25, -0.2) is 9.78 Å². The topological polar surface area (TPSA) is 133 Å². The van der Waals surface area contributed by atoms with E-state index in [4.69, 9.17) is 9.47 Å². The Labute approximate surface area is 239 Å². The number of carbonyl (C=O) groups excluding carboxylic acids is 3. The van der Waals surface area contributed by atoms with E-state index in [0.717, 1.165) is 10.9 Å². The third-order valence-electron chi connectivity index (χ3n) is 6.73. The molecule has 6 rings (SSSR count). The molecule has 0 N–H and O–H groups in total. The molecule has 40 heavy (non-hydrogen) atoms. The van der Waals surface area contributed by atoms with Crippen molar-refractivity contribution in [3.8, 4) is 0 Å². The minimum atomic E-state index is -1.38. The zero-order chi connectivity index (χ0) is 28.2. The second kappa shape index (κ2) is 9.75. The van der Waals surface area contributed by atoms with Crippen molar-refractivity contribution in [1.82, 2.24) is 14.3 Å². The maximum absolute atomic E-state index is 13.6. The molecule has 3 atom stereocenters. The van der Waals surface area contributed by atoms with E-state index in [-0.39, 0.29) is 18.0 Å². The number of rotatable bonds is 7. The summed E-state index contributed by atoms with van der Waals surface area (Å²) in [6.45, 7) is 1.13. The number of para-hydroxylation sites is 1. The van der Waals surface area contributed by atoms with Gasteiger partial charge in [-0.05, 0) is 41.3 Å². The summed E-state index contributed by atoms with van der Waals surface area (Å²) in [7, 11) is 0. The van der Waals surface area contributed by atoms with Crippen LogP contribution in [0.25, 0.3) is 16.6 Å². The number of aromatic nitrogens is 2. The Balaban J connectivity index is 1.23. The number of β-lactam (4-membered cyclic amide) rings is 1. The normalized spacial score (nSPS) is 20.6. The molecule has 4 aromatic rings. The van der Waals surface area contributed by atoms with E-state index < -0.39 is 38.6 Å². The molecule has 0 spiro atoms. The lowest BCUT2D eigenvalue weighted by Gasteiger charge is -2.51. The van der Waals surface area contributed by atoms with Gasteiger partial charge in [-0.2, -0.15) is 0 Å². The molecule has 2 aliphatic heterocycles. The average molecular weight is 623 g/mol. The Hall–Kier alpha value is -4.23. The summed E-state index contributed by atoms with van der Waals surface area (Å²) in [5.41, 5.74) is 2.44. The highest BCUT2D eigenvalue weighted by Gasteiger charge is 2.69. The first-order valence-corrected chi connectivity index (χ1v) is 13.7. The van der Waals surface area contributed by atoms with Gasteiger partial charge in [-0.15, -0.1) is 11.8 Å². The number of nitro benzene ring substituents is 1. The van der Waals surface area contributed by atoms with Crippen LogP contribution in [-0.4, -0.2) is 46.8 Å². The first-order chi connectivity index (χ1) is 19.2. The molecular formula is C27H19BrN4O7S. The van der Waals surface area contributed by atoms with Crippen LogP contribution in [0.4, 0.5) is 5.69 Å². The molecule has 13 heteroatoms. The Kier molecular flexibility index (Phi) is 6.34. The number of fused-ring (bicyclic) bond motifs is 4. The van der Waals surface area contributed by atoms with Crippen LogP contribution in [0.2, 0.25) is 0 Å². The molecule has 2 aromatic heterocycles. The van der Waals surface area contributed by atoms with Gasteiger partial charge in [0, 0.05) is 30.7 Å². The molecule has 2 aromatic carbocycles. The number of hydrogen-bond donors (Lipinski definition) is 0. The highest BCUT2D eigenvalue weighted by molar-refractivity contribution is 9.10. The lowest BCUT2D eigenvalue weighted by molar-refractivity contribution is -0.384. The predicted molar refractivity (Wildman–Crippen MR) is 148 cm³/mol. The highest BCUT2D eigenvalue weighted by Crippen LogP contribution is 2.58. The van der Waals surface area contributed by atoms with Gasteiger partial charge in [0.15, 0.2) is 10.4 Å². The number of imidazole rings is 1. The van der Waals surface area contributed by atoms with Gasteiger partial charge in [0.05, 0.1) is 10.4 Å². The second-order valence-corrected chi connectivity index (χ2v) is 11.5. The van der Waals surface area contributed by atoms with E-state index in [1.165, 1.54) is 53.3 Å². The number of pyridine rings is 1. The molecule has 1 amide bonds. The fraction of sp³-hybridized carbons (Fsp3) is 0.185. The maximum Gasteiger partial charge on any atom is 0.355 e. The first kappa shape index (κ1) is 26.0. The number of carbonyl (C=O) groups is 3. The van der Waals surface area contributed by atoms with E-state index in [0.29, 0.717) is 16.9 Å². The fourth-order valence-corrected chi connectivity index (χ4v) is 7.08. The minimum Gasteiger partial charge on any atom is -0.456 e. The van der Waals surface area contributed by atoms with E-state index >= 15 is 0 Å². The van der Waals surface area contributed by atoms with Gasteiger partial charge in [-0.3, -0.25) is 29.0 Å². The van der Waals surface area contributed by atoms with E-state index in [9.17, 15) is 24.5 Å². The smallest absolute Gasteiger partial charge is 0.355 e.